The highest BCUT2D eigenvalue weighted by atomic mass is 16.6. The number of ether oxygens (including phenoxy) is 5. The maximum Gasteiger partial charge on any atom is 0.255 e. The molecule has 4 rings (SSSR count). The molecule has 11 heteroatoms. The van der Waals surface area contributed by atoms with Crippen molar-refractivity contribution in [2.45, 2.75) is 44.7 Å². The average molecular weight is 548 g/mol. The Morgan fingerprint density at radius 2 is 1.46 bits per heavy atom. The molecule has 0 spiro atoms. The van der Waals surface area contributed by atoms with Crippen LogP contribution in [-0.4, -0.2) is 113 Å². The first kappa shape index (κ1) is 29.4. The summed E-state index contributed by atoms with van der Waals surface area (Å²) in [5.41, 5.74) is 1.28. The summed E-state index contributed by atoms with van der Waals surface area (Å²) in [7, 11) is 0. The van der Waals surface area contributed by atoms with Crippen LogP contribution in [0.25, 0.3) is 0 Å². The highest BCUT2D eigenvalue weighted by Crippen LogP contribution is 2.33. The summed E-state index contributed by atoms with van der Waals surface area (Å²) in [5.74, 6) is -0.349. The van der Waals surface area contributed by atoms with E-state index in [4.69, 9.17) is 23.7 Å². The van der Waals surface area contributed by atoms with E-state index in [9.17, 15) is 14.4 Å². The van der Waals surface area contributed by atoms with Crippen molar-refractivity contribution in [2.24, 2.45) is 0 Å². The highest BCUT2D eigenvalue weighted by Gasteiger charge is 2.40. The van der Waals surface area contributed by atoms with Gasteiger partial charge in [-0.2, -0.15) is 0 Å². The summed E-state index contributed by atoms with van der Waals surface area (Å²) < 4.78 is 28.1. The van der Waals surface area contributed by atoms with Crippen LogP contribution in [0.2, 0.25) is 0 Å². The number of imide groups is 1. The fourth-order valence-corrected chi connectivity index (χ4v) is 5.06. The number of carbonyl (C=O) groups excluding carboxylic acids is 3. The molecule has 11 nitrogen and oxygen atoms in total. The lowest BCUT2D eigenvalue weighted by Gasteiger charge is -2.29. The zero-order valence-corrected chi connectivity index (χ0v) is 22.7. The van der Waals surface area contributed by atoms with Crippen molar-refractivity contribution >= 4 is 17.7 Å². The Kier molecular flexibility index (Phi) is 12.0. The number of hydrogen-bond donors (Lipinski definition) is 1. The summed E-state index contributed by atoms with van der Waals surface area (Å²) in [6, 6.07) is 4.66. The fourth-order valence-electron chi connectivity index (χ4n) is 5.06. The number of hydrogen-bond acceptors (Lipinski definition) is 9. The van der Waals surface area contributed by atoms with E-state index in [1.165, 1.54) is 30.8 Å². The van der Waals surface area contributed by atoms with Crippen molar-refractivity contribution in [3.05, 3.63) is 29.3 Å². The van der Waals surface area contributed by atoms with Gasteiger partial charge in [-0.05, 0) is 50.9 Å². The summed E-state index contributed by atoms with van der Waals surface area (Å²) in [6.07, 6.45) is 4.28. The SMILES string of the molecule is O=C1CCC(N2Cc3c(OCCOCCOCCOCCOCCCN4CCCC4)cccc3C2=O)C(=O)N1. The number of piperidine rings is 1. The number of rotatable bonds is 18. The van der Waals surface area contributed by atoms with E-state index in [1.54, 1.807) is 12.1 Å². The molecule has 1 N–H and O–H groups in total. The Hall–Kier alpha value is -2.57. The van der Waals surface area contributed by atoms with Crippen molar-refractivity contribution in [1.29, 1.82) is 0 Å². The number of nitrogens with one attached hydrogen (secondary N) is 1. The van der Waals surface area contributed by atoms with E-state index in [-0.39, 0.29) is 24.8 Å². The fraction of sp³-hybridized carbons (Fsp3) is 0.679. The lowest BCUT2D eigenvalue weighted by Crippen LogP contribution is -2.52. The standard InChI is InChI=1S/C28H41N3O8/c32-26-8-7-24(27(33)29-26)31-21-23-22(28(31)34)5-3-6-25(23)39-20-19-38-18-17-37-16-15-36-14-13-35-12-4-11-30-9-1-2-10-30/h3,5-6,24H,1-2,4,7-21H2,(H,29,32,33). The van der Waals surface area contributed by atoms with Crippen LogP contribution in [0, 0.1) is 0 Å². The van der Waals surface area contributed by atoms with Crippen LogP contribution in [0.5, 0.6) is 5.75 Å². The lowest BCUT2D eigenvalue weighted by atomic mass is 10.0. The largest absolute Gasteiger partial charge is 0.491 e. The molecule has 39 heavy (non-hydrogen) atoms. The topological polar surface area (TPSA) is 116 Å². The van der Waals surface area contributed by atoms with Gasteiger partial charge >= 0.3 is 0 Å². The first-order chi connectivity index (χ1) is 19.1. The summed E-state index contributed by atoms with van der Waals surface area (Å²) in [4.78, 5) is 40.6. The Morgan fingerprint density at radius 1 is 0.821 bits per heavy atom. The molecule has 1 aromatic rings. The quantitative estimate of drug-likeness (QED) is 0.215. The van der Waals surface area contributed by atoms with Crippen LogP contribution < -0.4 is 10.1 Å². The van der Waals surface area contributed by atoms with E-state index < -0.39 is 11.9 Å². The van der Waals surface area contributed by atoms with Crippen molar-refractivity contribution in [3.63, 3.8) is 0 Å². The maximum absolute atomic E-state index is 12.9. The zero-order valence-electron chi connectivity index (χ0n) is 22.7. The van der Waals surface area contributed by atoms with Gasteiger partial charge in [0.05, 0.1) is 52.8 Å². The Morgan fingerprint density at radius 3 is 2.13 bits per heavy atom. The molecular weight excluding hydrogens is 506 g/mol. The predicted molar refractivity (Wildman–Crippen MR) is 142 cm³/mol. The third kappa shape index (κ3) is 8.97. The second-order valence-electron chi connectivity index (χ2n) is 9.88. The number of likely N-dealkylation sites (tertiary alicyclic amines) is 1. The van der Waals surface area contributed by atoms with E-state index in [1.807, 2.05) is 6.07 Å². The summed E-state index contributed by atoms with van der Waals surface area (Å²) >= 11 is 0. The average Bonchev–Trinajstić information content (AvgIpc) is 3.57. The Bertz CT molecular complexity index is 953. The molecule has 3 aliphatic rings. The highest BCUT2D eigenvalue weighted by molar-refractivity contribution is 6.05. The summed E-state index contributed by atoms with van der Waals surface area (Å²) in [5, 5.41) is 2.32. The Balaban J connectivity index is 0.993. The van der Waals surface area contributed by atoms with E-state index in [2.05, 4.69) is 10.2 Å². The van der Waals surface area contributed by atoms with Gasteiger partial charge in [0, 0.05) is 30.7 Å². The molecule has 216 valence electrons. The molecule has 0 bridgehead atoms. The first-order valence-electron chi connectivity index (χ1n) is 14.1. The molecule has 1 aromatic carbocycles. The van der Waals surface area contributed by atoms with Crippen LogP contribution in [0.1, 0.15) is 48.0 Å². The molecule has 1 unspecified atom stereocenters. The van der Waals surface area contributed by atoms with Crippen LogP contribution in [0.3, 0.4) is 0 Å². The van der Waals surface area contributed by atoms with Crippen molar-refractivity contribution in [3.8, 4) is 5.75 Å². The van der Waals surface area contributed by atoms with E-state index >= 15 is 0 Å². The minimum Gasteiger partial charge on any atom is -0.491 e. The molecule has 0 radical (unpaired) electrons. The zero-order chi connectivity index (χ0) is 27.3. The maximum atomic E-state index is 12.9. The van der Waals surface area contributed by atoms with Gasteiger partial charge in [-0.1, -0.05) is 6.07 Å². The Labute approximate surface area is 230 Å². The third-order valence-corrected chi connectivity index (χ3v) is 7.10. The molecule has 3 heterocycles. The van der Waals surface area contributed by atoms with Gasteiger partial charge < -0.3 is 33.5 Å². The molecule has 0 aliphatic carbocycles. The van der Waals surface area contributed by atoms with E-state index in [0.29, 0.717) is 70.6 Å². The number of amides is 3. The second kappa shape index (κ2) is 15.9. The molecule has 2 fully saturated rings. The van der Waals surface area contributed by atoms with Crippen LogP contribution in [0.4, 0.5) is 0 Å². The molecule has 0 aromatic heterocycles. The number of fused-ring (bicyclic) bond motifs is 1. The smallest absolute Gasteiger partial charge is 0.255 e. The number of benzene rings is 1. The van der Waals surface area contributed by atoms with Crippen molar-refractivity contribution in [1.82, 2.24) is 15.1 Å². The molecule has 3 amide bonds. The molecule has 0 saturated carbocycles. The molecular formula is C28H41N3O8. The van der Waals surface area contributed by atoms with Gasteiger partial charge in [0.25, 0.3) is 5.91 Å². The van der Waals surface area contributed by atoms with Crippen molar-refractivity contribution in [2.75, 3.05) is 79.1 Å². The van der Waals surface area contributed by atoms with Gasteiger partial charge in [-0.25, -0.2) is 0 Å². The predicted octanol–water partition coefficient (Wildman–Crippen LogP) is 1.38. The summed E-state index contributed by atoms with van der Waals surface area (Å²) in [6.45, 7) is 8.46. The van der Waals surface area contributed by atoms with Gasteiger partial charge in [-0.15, -0.1) is 0 Å². The molecule has 3 aliphatic heterocycles. The normalized spacial score (nSPS) is 19.5. The number of carbonyl (C=O) groups is 3. The van der Waals surface area contributed by atoms with Gasteiger partial charge in [-0.3, -0.25) is 19.7 Å². The van der Waals surface area contributed by atoms with Gasteiger partial charge in [0.2, 0.25) is 11.8 Å². The third-order valence-electron chi connectivity index (χ3n) is 7.10. The van der Waals surface area contributed by atoms with E-state index in [0.717, 1.165) is 25.1 Å². The lowest BCUT2D eigenvalue weighted by molar-refractivity contribution is -0.136. The van der Waals surface area contributed by atoms with Crippen LogP contribution in [-0.2, 0) is 35.1 Å². The van der Waals surface area contributed by atoms with Crippen molar-refractivity contribution < 1.29 is 38.1 Å². The van der Waals surface area contributed by atoms with Crippen LogP contribution in [0.15, 0.2) is 18.2 Å². The molecule has 1 atom stereocenters. The minimum absolute atomic E-state index is 0.220. The second-order valence-corrected chi connectivity index (χ2v) is 9.88. The molecule has 2 saturated heterocycles. The van der Waals surface area contributed by atoms with Gasteiger partial charge in [0.15, 0.2) is 0 Å². The van der Waals surface area contributed by atoms with Crippen LogP contribution >= 0.6 is 0 Å². The minimum atomic E-state index is -0.646. The first-order valence-corrected chi connectivity index (χ1v) is 14.1. The monoisotopic (exact) mass is 547 g/mol. The van der Waals surface area contributed by atoms with Gasteiger partial charge in [0.1, 0.15) is 18.4 Å². The number of nitrogens with zero attached hydrogens (tertiary/aromatic N) is 2.